The van der Waals surface area contributed by atoms with Gasteiger partial charge in [-0.15, -0.1) is 0 Å². The van der Waals surface area contributed by atoms with Gasteiger partial charge < -0.3 is 10.3 Å². The number of nitrogens with zero attached hydrogens (tertiary/aromatic N) is 4. The minimum Gasteiger partial charge on any atom is -0.384 e. The zero-order chi connectivity index (χ0) is 17.2. The number of pyridine rings is 2. The molecule has 1 aliphatic carbocycles. The molecule has 25 heavy (non-hydrogen) atoms. The summed E-state index contributed by atoms with van der Waals surface area (Å²) in [7, 11) is 0. The topological polar surface area (TPSA) is 69.6 Å². The van der Waals surface area contributed by atoms with Gasteiger partial charge in [0.15, 0.2) is 5.65 Å². The van der Waals surface area contributed by atoms with E-state index in [0.29, 0.717) is 5.82 Å². The molecule has 1 aliphatic rings. The molecule has 2 N–H and O–H groups in total. The van der Waals surface area contributed by atoms with Crippen molar-refractivity contribution in [1.82, 2.24) is 19.5 Å². The highest BCUT2D eigenvalue weighted by molar-refractivity contribution is 5.76. The van der Waals surface area contributed by atoms with E-state index in [1.165, 1.54) is 38.5 Å². The Kier molecular flexibility index (Phi) is 4.38. The predicted molar refractivity (Wildman–Crippen MR) is 101 cm³/mol. The van der Waals surface area contributed by atoms with Gasteiger partial charge in [-0.25, -0.2) is 15.0 Å². The highest BCUT2D eigenvalue weighted by Crippen LogP contribution is 2.28. The lowest BCUT2D eigenvalue weighted by molar-refractivity contribution is 0.324. The van der Waals surface area contributed by atoms with Crippen molar-refractivity contribution < 1.29 is 0 Å². The fourth-order valence-corrected chi connectivity index (χ4v) is 3.94. The van der Waals surface area contributed by atoms with Crippen molar-refractivity contribution in [1.29, 1.82) is 0 Å². The first-order chi connectivity index (χ1) is 12.2. The van der Waals surface area contributed by atoms with Gasteiger partial charge in [0.2, 0.25) is 0 Å². The number of hydrogen-bond donors (Lipinski definition) is 1. The fraction of sp³-hybridized carbons (Fsp3) is 0.450. The number of anilines is 1. The smallest absolute Gasteiger partial charge is 0.160 e. The number of nitrogens with two attached hydrogens (primary N) is 1. The molecule has 3 heterocycles. The van der Waals surface area contributed by atoms with Gasteiger partial charge in [0.1, 0.15) is 17.2 Å². The maximum Gasteiger partial charge on any atom is 0.160 e. The molecule has 4 rings (SSSR count). The number of aromatic nitrogens is 4. The van der Waals surface area contributed by atoms with Crippen molar-refractivity contribution >= 4 is 17.0 Å². The average Bonchev–Trinajstić information content (AvgIpc) is 2.95. The van der Waals surface area contributed by atoms with Crippen LogP contribution in [-0.4, -0.2) is 19.5 Å². The molecule has 0 atom stereocenters. The Labute approximate surface area is 148 Å². The van der Waals surface area contributed by atoms with Crippen LogP contribution < -0.4 is 5.73 Å². The third-order valence-electron chi connectivity index (χ3n) is 5.35. The number of fused-ring (bicyclic) bond motifs is 1. The highest BCUT2D eigenvalue weighted by atomic mass is 15.1. The molecule has 130 valence electrons. The second kappa shape index (κ2) is 6.82. The number of rotatable bonds is 4. The van der Waals surface area contributed by atoms with Crippen LogP contribution in [-0.2, 0) is 6.54 Å². The Bertz CT molecular complexity index is 877. The zero-order valence-corrected chi connectivity index (χ0v) is 14.8. The van der Waals surface area contributed by atoms with Gasteiger partial charge in [-0.1, -0.05) is 32.1 Å². The molecular formula is C20H25N5. The Balaban J connectivity index is 1.64. The van der Waals surface area contributed by atoms with Crippen LogP contribution in [0.25, 0.3) is 22.4 Å². The number of imidazole rings is 1. The third-order valence-corrected chi connectivity index (χ3v) is 5.35. The van der Waals surface area contributed by atoms with Crippen molar-refractivity contribution in [2.24, 2.45) is 5.92 Å². The molecule has 0 spiro atoms. The highest BCUT2D eigenvalue weighted by Gasteiger charge is 2.16. The van der Waals surface area contributed by atoms with E-state index in [0.717, 1.165) is 40.7 Å². The first-order valence-corrected chi connectivity index (χ1v) is 9.26. The van der Waals surface area contributed by atoms with Crippen molar-refractivity contribution in [3.05, 3.63) is 36.3 Å². The van der Waals surface area contributed by atoms with E-state index in [9.17, 15) is 0 Å². The van der Waals surface area contributed by atoms with Crippen molar-refractivity contribution in [2.45, 2.75) is 52.0 Å². The summed E-state index contributed by atoms with van der Waals surface area (Å²) in [6.45, 7) is 3.08. The Morgan fingerprint density at radius 3 is 2.76 bits per heavy atom. The van der Waals surface area contributed by atoms with E-state index in [4.69, 9.17) is 15.7 Å². The van der Waals surface area contributed by atoms with Crippen LogP contribution in [0.3, 0.4) is 0 Å². The minimum atomic E-state index is 0.515. The summed E-state index contributed by atoms with van der Waals surface area (Å²) in [6.07, 6.45) is 9.88. The normalized spacial score (nSPS) is 15.7. The molecule has 0 unspecified atom stereocenters. The first-order valence-electron chi connectivity index (χ1n) is 9.26. The van der Waals surface area contributed by atoms with E-state index in [1.54, 1.807) is 6.20 Å². The van der Waals surface area contributed by atoms with Gasteiger partial charge in [-0.2, -0.15) is 0 Å². The van der Waals surface area contributed by atoms with E-state index < -0.39 is 0 Å². The Morgan fingerprint density at radius 2 is 1.96 bits per heavy atom. The molecule has 3 aromatic heterocycles. The average molecular weight is 335 g/mol. The van der Waals surface area contributed by atoms with Crippen LogP contribution in [0, 0.1) is 12.8 Å². The molecule has 5 heteroatoms. The maximum absolute atomic E-state index is 5.82. The Morgan fingerprint density at radius 1 is 1.12 bits per heavy atom. The van der Waals surface area contributed by atoms with Gasteiger partial charge in [-0.05, 0) is 43.5 Å². The fourth-order valence-electron chi connectivity index (χ4n) is 3.94. The molecule has 1 fully saturated rings. The molecule has 0 radical (unpaired) electrons. The summed E-state index contributed by atoms with van der Waals surface area (Å²) < 4.78 is 2.28. The summed E-state index contributed by atoms with van der Waals surface area (Å²) >= 11 is 0. The Hall–Kier alpha value is -2.43. The van der Waals surface area contributed by atoms with E-state index in [1.807, 2.05) is 18.2 Å². The molecule has 0 amide bonds. The molecular weight excluding hydrogens is 310 g/mol. The standard InChI is InChI=1S/C20H25N5/c1-14-23-18-8-7-17(16-9-11-22-19(21)13-16)24-20(18)25(14)12-10-15-5-3-2-4-6-15/h7-9,11,13,15H,2-6,10,12H2,1H3,(H2,21,22). The summed E-state index contributed by atoms with van der Waals surface area (Å²) in [5.74, 6) is 2.42. The van der Waals surface area contributed by atoms with Crippen molar-refractivity contribution in [2.75, 3.05) is 5.73 Å². The van der Waals surface area contributed by atoms with Crippen LogP contribution in [0.4, 0.5) is 5.82 Å². The summed E-state index contributed by atoms with van der Waals surface area (Å²) in [5, 5.41) is 0. The molecule has 5 nitrogen and oxygen atoms in total. The molecule has 0 bridgehead atoms. The molecule has 0 aliphatic heterocycles. The lowest BCUT2D eigenvalue weighted by Gasteiger charge is -2.21. The van der Waals surface area contributed by atoms with Gasteiger partial charge in [0.25, 0.3) is 0 Å². The van der Waals surface area contributed by atoms with E-state index in [2.05, 4.69) is 22.5 Å². The second-order valence-corrected chi connectivity index (χ2v) is 7.11. The van der Waals surface area contributed by atoms with Crippen LogP contribution in [0.1, 0.15) is 44.3 Å². The third kappa shape index (κ3) is 3.36. The minimum absolute atomic E-state index is 0.515. The zero-order valence-electron chi connectivity index (χ0n) is 14.8. The van der Waals surface area contributed by atoms with Crippen LogP contribution in [0.5, 0.6) is 0 Å². The van der Waals surface area contributed by atoms with Gasteiger partial charge >= 0.3 is 0 Å². The SMILES string of the molecule is Cc1nc2ccc(-c3ccnc(N)c3)nc2n1CCC1CCCCC1. The number of nitrogen functional groups attached to an aromatic ring is 1. The van der Waals surface area contributed by atoms with E-state index in [-0.39, 0.29) is 0 Å². The maximum atomic E-state index is 5.82. The number of hydrogen-bond acceptors (Lipinski definition) is 4. The molecule has 0 aromatic carbocycles. The van der Waals surface area contributed by atoms with Crippen molar-refractivity contribution in [3.8, 4) is 11.3 Å². The summed E-state index contributed by atoms with van der Waals surface area (Å²) in [4.78, 5) is 13.6. The lowest BCUT2D eigenvalue weighted by atomic mass is 9.87. The summed E-state index contributed by atoms with van der Waals surface area (Å²) in [6, 6.07) is 7.87. The van der Waals surface area contributed by atoms with Gasteiger partial charge in [0.05, 0.1) is 5.69 Å². The van der Waals surface area contributed by atoms with Crippen LogP contribution in [0.2, 0.25) is 0 Å². The van der Waals surface area contributed by atoms with E-state index >= 15 is 0 Å². The monoisotopic (exact) mass is 335 g/mol. The molecule has 3 aromatic rings. The quantitative estimate of drug-likeness (QED) is 0.769. The van der Waals surface area contributed by atoms with Gasteiger partial charge in [0, 0.05) is 18.3 Å². The molecule has 1 saturated carbocycles. The van der Waals surface area contributed by atoms with Gasteiger partial charge in [-0.3, -0.25) is 0 Å². The second-order valence-electron chi connectivity index (χ2n) is 7.11. The van der Waals surface area contributed by atoms with Crippen LogP contribution >= 0.6 is 0 Å². The molecule has 0 saturated heterocycles. The number of aryl methyl sites for hydroxylation is 2. The first kappa shape index (κ1) is 16.1. The van der Waals surface area contributed by atoms with Crippen molar-refractivity contribution in [3.63, 3.8) is 0 Å². The predicted octanol–water partition coefficient (Wildman–Crippen LogP) is 4.35. The largest absolute Gasteiger partial charge is 0.384 e. The lowest BCUT2D eigenvalue weighted by Crippen LogP contribution is -2.11. The summed E-state index contributed by atoms with van der Waals surface area (Å²) in [5.41, 5.74) is 9.66. The van der Waals surface area contributed by atoms with Crippen LogP contribution in [0.15, 0.2) is 30.5 Å².